The van der Waals surface area contributed by atoms with Crippen LogP contribution in [0.4, 0.5) is 0 Å². The SMILES string of the molecule is CCCCN1CCC(OC2CN3CCC2C3)C(N)C1. The van der Waals surface area contributed by atoms with Gasteiger partial charge in [-0.05, 0) is 32.4 Å². The number of nitrogens with zero attached hydrogens (tertiary/aromatic N) is 2. The minimum Gasteiger partial charge on any atom is -0.372 e. The molecule has 2 N–H and O–H groups in total. The zero-order valence-corrected chi connectivity index (χ0v) is 12.3. The van der Waals surface area contributed by atoms with Gasteiger partial charge in [-0.1, -0.05) is 13.3 Å². The molecule has 2 bridgehead atoms. The maximum Gasteiger partial charge on any atom is 0.0755 e. The fourth-order valence-electron chi connectivity index (χ4n) is 3.90. The average molecular weight is 267 g/mol. The lowest BCUT2D eigenvalue weighted by atomic mass is 9.99. The first-order valence-electron chi connectivity index (χ1n) is 8.12. The third-order valence-corrected chi connectivity index (χ3v) is 5.13. The van der Waals surface area contributed by atoms with E-state index < -0.39 is 0 Å². The number of hydrogen-bond donors (Lipinski definition) is 1. The highest BCUT2D eigenvalue weighted by Crippen LogP contribution is 2.31. The standard InChI is InChI=1S/C15H29N3O/c1-2-3-6-17-8-5-14(13(16)10-17)19-15-11-18-7-4-12(15)9-18/h12-15H,2-11,16H2,1H3. The molecule has 0 aromatic heterocycles. The summed E-state index contributed by atoms with van der Waals surface area (Å²) in [6, 6.07) is 0.208. The molecule has 5 unspecified atom stereocenters. The van der Waals surface area contributed by atoms with E-state index in [0.29, 0.717) is 12.2 Å². The molecular formula is C15H29N3O. The molecular weight excluding hydrogens is 238 g/mol. The summed E-state index contributed by atoms with van der Waals surface area (Å²) in [7, 11) is 0. The van der Waals surface area contributed by atoms with Crippen LogP contribution in [0.25, 0.3) is 0 Å². The molecule has 0 radical (unpaired) electrons. The van der Waals surface area contributed by atoms with Crippen LogP contribution in [-0.2, 0) is 4.74 Å². The minimum absolute atomic E-state index is 0.208. The van der Waals surface area contributed by atoms with Crippen molar-refractivity contribution in [2.45, 2.75) is 50.9 Å². The third-order valence-electron chi connectivity index (χ3n) is 5.13. The van der Waals surface area contributed by atoms with Crippen LogP contribution < -0.4 is 5.73 Å². The molecule has 3 heterocycles. The van der Waals surface area contributed by atoms with Gasteiger partial charge in [-0.25, -0.2) is 0 Å². The van der Waals surface area contributed by atoms with Crippen LogP contribution in [0.3, 0.4) is 0 Å². The number of fused-ring (bicyclic) bond motifs is 2. The second-order valence-corrected chi connectivity index (χ2v) is 6.63. The van der Waals surface area contributed by atoms with Crippen LogP contribution in [0, 0.1) is 5.92 Å². The first-order chi connectivity index (χ1) is 9.26. The van der Waals surface area contributed by atoms with Crippen molar-refractivity contribution < 1.29 is 4.74 Å². The lowest BCUT2D eigenvalue weighted by Gasteiger charge is -2.38. The Morgan fingerprint density at radius 3 is 2.63 bits per heavy atom. The first kappa shape index (κ1) is 13.8. The summed E-state index contributed by atoms with van der Waals surface area (Å²) in [6.45, 7) is 9.33. The molecule has 3 aliphatic rings. The van der Waals surface area contributed by atoms with E-state index in [0.717, 1.165) is 25.4 Å². The Bertz CT molecular complexity index is 299. The summed E-state index contributed by atoms with van der Waals surface area (Å²) in [5.74, 6) is 0.783. The smallest absolute Gasteiger partial charge is 0.0755 e. The van der Waals surface area contributed by atoms with Gasteiger partial charge < -0.3 is 20.3 Å². The topological polar surface area (TPSA) is 41.7 Å². The molecule has 0 amide bonds. The molecule has 0 saturated carbocycles. The second-order valence-electron chi connectivity index (χ2n) is 6.63. The van der Waals surface area contributed by atoms with Gasteiger partial charge in [-0.3, -0.25) is 0 Å². The molecule has 3 aliphatic heterocycles. The van der Waals surface area contributed by atoms with Crippen molar-refractivity contribution in [2.75, 3.05) is 39.3 Å². The van der Waals surface area contributed by atoms with Crippen molar-refractivity contribution in [2.24, 2.45) is 11.7 Å². The van der Waals surface area contributed by atoms with E-state index in [2.05, 4.69) is 16.7 Å². The Hall–Kier alpha value is -0.160. The summed E-state index contributed by atoms with van der Waals surface area (Å²) in [5.41, 5.74) is 6.34. The maximum atomic E-state index is 6.36. The third kappa shape index (κ3) is 3.13. The van der Waals surface area contributed by atoms with Gasteiger partial charge in [0.1, 0.15) is 0 Å². The van der Waals surface area contributed by atoms with Gasteiger partial charge in [0, 0.05) is 38.1 Å². The highest BCUT2D eigenvalue weighted by atomic mass is 16.5. The van der Waals surface area contributed by atoms with Crippen molar-refractivity contribution in [1.82, 2.24) is 9.80 Å². The van der Waals surface area contributed by atoms with Gasteiger partial charge in [0.15, 0.2) is 0 Å². The summed E-state index contributed by atoms with van der Waals surface area (Å²) in [6.07, 6.45) is 5.77. The predicted octanol–water partition coefficient (Wildman–Crippen LogP) is 0.909. The number of rotatable bonds is 5. The fourth-order valence-corrected chi connectivity index (χ4v) is 3.90. The van der Waals surface area contributed by atoms with Crippen LogP contribution in [-0.4, -0.2) is 67.3 Å². The summed E-state index contributed by atoms with van der Waals surface area (Å²) in [5, 5.41) is 0. The monoisotopic (exact) mass is 267 g/mol. The number of likely N-dealkylation sites (tertiary alicyclic amines) is 1. The number of hydrogen-bond acceptors (Lipinski definition) is 4. The van der Waals surface area contributed by atoms with Gasteiger partial charge in [0.25, 0.3) is 0 Å². The van der Waals surface area contributed by atoms with Crippen LogP contribution >= 0.6 is 0 Å². The molecule has 0 aromatic rings. The van der Waals surface area contributed by atoms with Gasteiger partial charge in [0.2, 0.25) is 0 Å². The van der Waals surface area contributed by atoms with Gasteiger partial charge in [-0.15, -0.1) is 0 Å². The molecule has 4 heteroatoms. The lowest BCUT2D eigenvalue weighted by molar-refractivity contribution is -0.0688. The molecule has 0 aliphatic carbocycles. The Morgan fingerprint density at radius 1 is 1.11 bits per heavy atom. The van der Waals surface area contributed by atoms with E-state index in [-0.39, 0.29) is 6.04 Å². The minimum atomic E-state index is 0.208. The summed E-state index contributed by atoms with van der Waals surface area (Å²) in [4.78, 5) is 5.05. The lowest BCUT2D eigenvalue weighted by Crippen LogP contribution is -2.54. The fraction of sp³-hybridized carbons (Fsp3) is 1.00. The maximum absolute atomic E-state index is 6.36. The first-order valence-corrected chi connectivity index (χ1v) is 8.12. The number of nitrogens with two attached hydrogens (primary N) is 1. The Morgan fingerprint density at radius 2 is 2.00 bits per heavy atom. The van der Waals surface area contributed by atoms with Gasteiger partial charge >= 0.3 is 0 Å². The Balaban J connectivity index is 1.45. The van der Waals surface area contributed by atoms with Crippen molar-refractivity contribution >= 4 is 0 Å². The molecule has 19 heavy (non-hydrogen) atoms. The van der Waals surface area contributed by atoms with E-state index in [4.69, 9.17) is 10.5 Å². The van der Waals surface area contributed by atoms with Crippen LogP contribution in [0.1, 0.15) is 32.6 Å². The van der Waals surface area contributed by atoms with E-state index in [1.54, 1.807) is 0 Å². The highest BCUT2D eigenvalue weighted by Gasteiger charge is 2.41. The van der Waals surface area contributed by atoms with E-state index >= 15 is 0 Å². The molecule has 3 rings (SSSR count). The van der Waals surface area contributed by atoms with Crippen molar-refractivity contribution in [3.05, 3.63) is 0 Å². The number of ether oxygens (including phenoxy) is 1. The van der Waals surface area contributed by atoms with E-state index in [1.165, 1.54) is 45.4 Å². The predicted molar refractivity (Wildman–Crippen MR) is 77.1 cm³/mol. The van der Waals surface area contributed by atoms with Gasteiger partial charge in [0.05, 0.1) is 12.2 Å². The Kier molecular flexibility index (Phi) is 4.42. The van der Waals surface area contributed by atoms with Crippen molar-refractivity contribution in [3.63, 3.8) is 0 Å². The van der Waals surface area contributed by atoms with E-state index in [1.807, 2.05) is 0 Å². The molecule has 5 atom stereocenters. The van der Waals surface area contributed by atoms with Crippen molar-refractivity contribution in [3.8, 4) is 0 Å². The Labute approximate surface area is 117 Å². The van der Waals surface area contributed by atoms with Crippen LogP contribution in [0.15, 0.2) is 0 Å². The number of piperidine rings is 2. The van der Waals surface area contributed by atoms with Gasteiger partial charge in [-0.2, -0.15) is 0 Å². The second kappa shape index (κ2) is 6.08. The highest BCUT2D eigenvalue weighted by molar-refractivity contribution is 4.94. The van der Waals surface area contributed by atoms with Crippen LogP contribution in [0.2, 0.25) is 0 Å². The largest absolute Gasteiger partial charge is 0.372 e. The zero-order chi connectivity index (χ0) is 13.2. The van der Waals surface area contributed by atoms with Crippen molar-refractivity contribution in [1.29, 1.82) is 0 Å². The number of unbranched alkanes of at least 4 members (excludes halogenated alkanes) is 1. The molecule has 3 saturated heterocycles. The molecule has 0 aromatic carbocycles. The molecule has 4 nitrogen and oxygen atoms in total. The molecule has 0 spiro atoms. The average Bonchev–Trinajstić information content (AvgIpc) is 3.01. The normalized spacial score (nSPS) is 42.9. The zero-order valence-electron chi connectivity index (χ0n) is 12.3. The molecule has 3 fully saturated rings. The summed E-state index contributed by atoms with van der Waals surface area (Å²) < 4.78 is 6.36. The quantitative estimate of drug-likeness (QED) is 0.804. The van der Waals surface area contributed by atoms with E-state index in [9.17, 15) is 0 Å². The molecule has 110 valence electrons. The summed E-state index contributed by atoms with van der Waals surface area (Å²) >= 11 is 0. The van der Waals surface area contributed by atoms with Crippen LogP contribution in [0.5, 0.6) is 0 Å².